The molecule has 2 aromatic rings. The van der Waals surface area contributed by atoms with Crippen molar-refractivity contribution < 1.29 is 23.9 Å². The van der Waals surface area contributed by atoms with Gasteiger partial charge in [0.1, 0.15) is 0 Å². The largest absolute Gasteiger partial charge is 0.462 e. The van der Waals surface area contributed by atoms with Crippen molar-refractivity contribution in [3.63, 3.8) is 0 Å². The lowest BCUT2D eigenvalue weighted by molar-refractivity contribution is -0.123. The number of carbonyl (C=O) groups excluding carboxylic acids is 4. The first-order valence-electron chi connectivity index (χ1n) is 11.1. The Morgan fingerprint density at radius 1 is 0.970 bits per heavy atom. The first kappa shape index (κ1) is 21.8. The molecule has 33 heavy (non-hydrogen) atoms. The minimum Gasteiger partial charge on any atom is -0.462 e. The van der Waals surface area contributed by atoms with Crippen LogP contribution in [0.5, 0.6) is 0 Å². The van der Waals surface area contributed by atoms with E-state index in [2.05, 4.69) is 0 Å². The number of halogens is 1. The fraction of sp³-hybridized carbons (Fsp3) is 0.360. The van der Waals surface area contributed by atoms with Crippen molar-refractivity contribution in [2.75, 3.05) is 18.1 Å². The molecule has 8 heteroatoms. The number of benzene rings is 2. The van der Waals surface area contributed by atoms with E-state index in [1.54, 1.807) is 55.5 Å². The SMILES string of the molecule is CCOC(=O)c1ccc(N2C(=O)[C@@H]3[C@H](C2=O)[C@@H]2CCCN2[C@@H]3C(=O)c2ccc(Cl)cc2)cc1. The zero-order valence-electron chi connectivity index (χ0n) is 18.1. The highest BCUT2D eigenvalue weighted by Gasteiger charge is 2.64. The normalized spacial score (nSPS) is 26.4. The Kier molecular flexibility index (Phi) is 5.54. The molecule has 0 spiro atoms. The Bertz CT molecular complexity index is 1130. The Balaban J connectivity index is 1.47. The van der Waals surface area contributed by atoms with Crippen LogP contribution in [0.2, 0.25) is 5.02 Å². The third-order valence-corrected chi connectivity index (χ3v) is 7.14. The van der Waals surface area contributed by atoms with Crippen LogP contribution >= 0.6 is 11.6 Å². The van der Waals surface area contributed by atoms with E-state index in [9.17, 15) is 19.2 Å². The van der Waals surface area contributed by atoms with Crippen molar-refractivity contribution in [2.45, 2.75) is 31.8 Å². The van der Waals surface area contributed by atoms with Gasteiger partial charge in [-0.15, -0.1) is 0 Å². The van der Waals surface area contributed by atoms with E-state index < -0.39 is 23.8 Å². The van der Waals surface area contributed by atoms with Crippen molar-refractivity contribution in [2.24, 2.45) is 11.8 Å². The first-order valence-corrected chi connectivity index (χ1v) is 11.5. The summed E-state index contributed by atoms with van der Waals surface area (Å²) < 4.78 is 5.00. The van der Waals surface area contributed by atoms with Gasteiger partial charge < -0.3 is 4.74 Å². The predicted octanol–water partition coefficient (Wildman–Crippen LogP) is 3.35. The molecule has 0 aromatic heterocycles. The summed E-state index contributed by atoms with van der Waals surface area (Å²) >= 11 is 5.98. The summed E-state index contributed by atoms with van der Waals surface area (Å²) in [5.41, 5.74) is 1.22. The average molecular weight is 467 g/mol. The lowest BCUT2D eigenvalue weighted by Crippen LogP contribution is -2.46. The zero-order valence-corrected chi connectivity index (χ0v) is 18.8. The van der Waals surface area contributed by atoms with Gasteiger partial charge in [-0.2, -0.15) is 0 Å². The number of ether oxygens (including phenoxy) is 1. The van der Waals surface area contributed by atoms with Crippen molar-refractivity contribution >= 4 is 40.9 Å². The summed E-state index contributed by atoms with van der Waals surface area (Å²) in [6.45, 7) is 2.67. The number of ketones is 1. The van der Waals surface area contributed by atoms with E-state index in [0.717, 1.165) is 12.8 Å². The third-order valence-electron chi connectivity index (χ3n) is 6.89. The lowest BCUT2D eigenvalue weighted by Gasteiger charge is -2.27. The fourth-order valence-electron chi connectivity index (χ4n) is 5.52. The van der Waals surface area contributed by atoms with E-state index in [1.807, 2.05) is 4.90 Å². The van der Waals surface area contributed by atoms with E-state index in [-0.39, 0.29) is 30.2 Å². The number of Topliss-reactive ketones (excluding diaryl/α,β-unsaturated/α-hetero) is 1. The summed E-state index contributed by atoms with van der Waals surface area (Å²) in [7, 11) is 0. The first-order chi connectivity index (χ1) is 15.9. The number of hydrogen-bond acceptors (Lipinski definition) is 6. The fourth-order valence-corrected chi connectivity index (χ4v) is 5.64. The summed E-state index contributed by atoms with van der Waals surface area (Å²) in [5.74, 6) is -2.54. The smallest absolute Gasteiger partial charge is 0.338 e. The van der Waals surface area contributed by atoms with Crippen LogP contribution in [0.4, 0.5) is 5.69 Å². The number of nitrogens with zero attached hydrogens (tertiary/aromatic N) is 2. The molecule has 0 N–H and O–H groups in total. The molecule has 7 nitrogen and oxygen atoms in total. The summed E-state index contributed by atoms with van der Waals surface area (Å²) in [5, 5.41) is 0.527. The molecule has 0 saturated carbocycles. The number of rotatable bonds is 5. The second-order valence-corrected chi connectivity index (χ2v) is 9.03. The standard InChI is InChI=1S/C25H23ClN2O5/c1-2-33-25(32)15-7-11-17(12-8-15)28-23(30)19-18-4-3-13-27(18)21(20(19)24(28)31)22(29)14-5-9-16(26)10-6-14/h5-12,18-21H,2-4,13H2,1H3/t18-,19+,20+,21-/m0/s1. The molecule has 3 aliphatic heterocycles. The van der Waals surface area contributed by atoms with E-state index in [0.29, 0.717) is 28.4 Å². The molecule has 0 aliphatic carbocycles. The topological polar surface area (TPSA) is 84.0 Å². The number of anilines is 1. The average Bonchev–Trinajstić information content (AvgIpc) is 3.46. The van der Waals surface area contributed by atoms with Crippen LogP contribution in [0.25, 0.3) is 0 Å². The third kappa shape index (κ3) is 3.47. The predicted molar refractivity (Wildman–Crippen MR) is 121 cm³/mol. The summed E-state index contributed by atoms with van der Waals surface area (Å²) in [6.07, 6.45) is 1.66. The van der Waals surface area contributed by atoms with Crippen molar-refractivity contribution in [1.29, 1.82) is 0 Å². The molecule has 2 amide bonds. The number of imide groups is 1. The molecular weight excluding hydrogens is 444 g/mol. The molecule has 3 fully saturated rings. The summed E-state index contributed by atoms with van der Waals surface area (Å²) in [6, 6.07) is 12.1. The molecule has 3 heterocycles. The molecule has 0 unspecified atom stereocenters. The van der Waals surface area contributed by atoms with Gasteiger partial charge >= 0.3 is 5.97 Å². The maximum absolute atomic E-state index is 13.6. The molecular formula is C25H23ClN2O5. The van der Waals surface area contributed by atoms with Gasteiger partial charge in [0.2, 0.25) is 11.8 Å². The molecule has 4 atom stereocenters. The maximum atomic E-state index is 13.6. The van der Waals surface area contributed by atoms with E-state index in [1.165, 1.54) is 4.90 Å². The van der Waals surface area contributed by atoms with Gasteiger partial charge in [0, 0.05) is 16.6 Å². The monoisotopic (exact) mass is 466 g/mol. The number of esters is 1. The molecule has 5 rings (SSSR count). The van der Waals surface area contributed by atoms with Crippen LogP contribution in [0, 0.1) is 11.8 Å². The minimum atomic E-state index is -0.726. The number of fused-ring (bicyclic) bond motifs is 3. The van der Waals surface area contributed by atoms with Gasteiger partial charge in [-0.3, -0.25) is 19.3 Å². The second-order valence-electron chi connectivity index (χ2n) is 8.59. The van der Waals surface area contributed by atoms with Crippen molar-refractivity contribution in [3.05, 3.63) is 64.7 Å². The van der Waals surface area contributed by atoms with Crippen LogP contribution in [0.15, 0.2) is 48.5 Å². The van der Waals surface area contributed by atoms with Crippen LogP contribution in [0.3, 0.4) is 0 Å². The van der Waals surface area contributed by atoms with Crippen LogP contribution in [-0.2, 0) is 14.3 Å². The number of hydrogen-bond donors (Lipinski definition) is 0. The van der Waals surface area contributed by atoms with Gasteiger partial charge in [0.15, 0.2) is 5.78 Å². The van der Waals surface area contributed by atoms with Gasteiger partial charge in [-0.25, -0.2) is 9.69 Å². The Morgan fingerprint density at radius 3 is 2.27 bits per heavy atom. The Morgan fingerprint density at radius 2 is 1.61 bits per heavy atom. The summed E-state index contributed by atoms with van der Waals surface area (Å²) in [4.78, 5) is 55.7. The quantitative estimate of drug-likeness (QED) is 0.382. The van der Waals surface area contributed by atoms with E-state index in [4.69, 9.17) is 16.3 Å². The van der Waals surface area contributed by atoms with Gasteiger partial charge in [0.25, 0.3) is 0 Å². The highest BCUT2D eigenvalue weighted by molar-refractivity contribution is 6.30. The molecule has 170 valence electrons. The van der Waals surface area contributed by atoms with Gasteiger partial charge in [0.05, 0.1) is 35.7 Å². The van der Waals surface area contributed by atoms with Crippen LogP contribution < -0.4 is 4.90 Å². The molecule has 0 radical (unpaired) electrons. The Hall–Kier alpha value is -3.03. The lowest BCUT2D eigenvalue weighted by atomic mass is 9.85. The van der Waals surface area contributed by atoms with Crippen LogP contribution in [0.1, 0.15) is 40.5 Å². The second kappa shape index (κ2) is 8.39. The number of amides is 2. The van der Waals surface area contributed by atoms with E-state index >= 15 is 0 Å². The van der Waals surface area contributed by atoms with Crippen LogP contribution in [-0.4, -0.2) is 53.7 Å². The number of carbonyl (C=O) groups is 4. The van der Waals surface area contributed by atoms with Gasteiger partial charge in [-0.05, 0) is 74.8 Å². The highest BCUT2D eigenvalue weighted by atomic mass is 35.5. The highest BCUT2D eigenvalue weighted by Crippen LogP contribution is 2.48. The van der Waals surface area contributed by atoms with Crippen molar-refractivity contribution in [1.82, 2.24) is 4.90 Å². The minimum absolute atomic E-state index is 0.128. The zero-order chi connectivity index (χ0) is 23.3. The molecule has 0 bridgehead atoms. The van der Waals surface area contributed by atoms with Gasteiger partial charge in [-0.1, -0.05) is 11.6 Å². The maximum Gasteiger partial charge on any atom is 0.338 e. The Labute approximate surface area is 196 Å². The van der Waals surface area contributed by atoms with Crippen molar-refractivity contribution in [3.8, 4) is 0 Å². The molecule has 2 aromatic carbocycles. The molecule has 3 aliphatic rings. The molecule has 3 saturated heterocycles.